The Labute approximate surface area is 163 Å². The number of carbonyl (C=O) groups excluding carboxylic acids is 1. The van der Waals surface area contributed by atoms with Crippen LogP contribution in [-0.2, 0) is 14.3 Å². The Morgan fingerprint density at radius 1 is 0.963 bits per heavy atom. The van der Waals surface area contributed by atoms with Crippen molar-refractivity contribution in [3.05, 3.63) is 35.4 Å². The van der Waals surface area contributed by atoms with Gasteiger partial charge in [0, 0.05) is 18.8 Å². The van der Waals surface area contributed by atoms with E-state index in [1.165, 1.54) is 6.08 Å². The van der Waals surface area contributed by atoms with Gasteiger partial charge in [-0.05, 0) is 43.0 Å². The highest BCUT2D eigenvalue weighted by molar-refractivity contribution is 6.17. The topological polar surface area (TPSA) is 66.8 Å². The molecule has 1 N–H and O–H groups in total. The summed E-state index contributed by atoms with van der Waals surface area (Å²) in [7, 11) is 0. The summed E-state index contributed by atoms with van der Waals surface area (Å²) in [5.74, 6) is -2.05. The molecule has 0 saturated carbocycles. The van der Waals surface area contributed by atoms with Gasteiger partial charge < -0.3 is 14.7 Å². The number of unbranched alkanes of at least 4 members (excludes halogenated alkanes) is 3. The average molecular weight is 376 g/mol. The molecule has 0 heterocycles. The Bertz CT molecular complexity index is 599. The summed E-state index contributed by atoms with van der Waals surface area (Å²) >= 11 is 0. The number of anilines is 1. The molecule has 0 radical (unpaired) electrons. The number of rotatable bonds is 13. The number of esters is 1. The molecular weight excluding hydrogens is 342 g/mol. The Hall–Kier alpha value is -2.30. The first-order valence-corrected chi connectivity index (χ1v) is 10.0. The van der Waals surface area contributed by atoms with Crippen LogP contribution < -0.4 is 4.90 Å². The summed E-state index contributed by atoms with van der Waals surface area (Å²) in [5.41, 5.74) is 1.46. The summed E-state index contributed by atoms with van der Waals surface area (Å²) in [6.07, 6.45) is 7.54. The van der Waals surface area contributed by atoms with Gasteiger partial charge >= 0.3 is 11.9 Å². The molecule has 5 heteroatoms. The van der Waals surface area contributed by atoms with Crippen molar-refractivity contribution in [1.82, 2.24) is 0 Å². The Kier molecular flexibility index (Phi) is 10.9. The number of nitrogens with zero attached hydrogens (tertiary/aromatic N) is 1. The first-order valence-electron chi connectivity index (χ1n) is 10.0. The van der Waals surface area contributed by atoms with Crippen LogP contribution in [0.4, 0.5) is 5.69 Å². The molecule has 0 atom stereocenters. The molecule has 1 aromatic carbocycles. The Morgan fingerprint density at radius 2 is 1.52 bits per heavy atom. The predicted octanol–water partition coefficient (Wildman–Crippen LogP) is 4.90. The number of carboxylic acids is 1. The molecular formula is C22H33NO4. The number of hydrogen-bond acceptors (Lipinski definition) is 4. The minimum absolute atomic E-state index is 0.239. The van der Waals surface area contributed by atoms with Gasteiger partial charge in [0.1, 0.15) is 5.57 Å². The van der Waals surface area contributed by atoms with Crippen molar-refractivity contribution >= 4 is 23.7 Å². The summed E-state index contributed by atoms with van der Waals surface area (Å²) < 4.78 is 5.03. The molecule has 0 aliphatic carbocycles. The second kappa shape index (κ2) is 13.0. The number of carboxylic acid groups (broad SMARTS) is 1. The third kappa shape index (κ3) is 8.29. The van der Waals surface area contributed by atoms with Gasteiger partial charge in [-0.25, -0.2) is 9.59 Å². The van der Waals surface area contributed by atoms with Crippen molar-refractivity contribution in [1.29, 1.82) is 0 Å². The Morgan fingerprint density at radius 3 is 2.00 bits per heavy atom. The van der Waals surface area contributed by atoms with Gasteiger partial charge in [0.2, 0.25) is 0 Å². The normalized spacial score (nSPS) is 11.3. The van der Waals surface area contributed by atoms with Gasteiger partial charge in [-0.15, -0.1) is 0 Å². The van der Waals surface area contributed by atoms with Crippen LogP contribution in [0.2, 0.25) is 0 Å². The zero-order valence-electron chi connectivity index (χ0n) is 16.9. The number of hydrogen-bond donors (Lipinski definition) is 1. The van der Waals surface area contributed by atoms with Gasteiger partial charge in [0.15, 0.2) is 0 Å². The predicted molar refractivity (Wildman–Crippen MR) is 110 cm³/mol. The standard InChI is InChI=1S/C22H33NO4/c1-4-7-14-23(15-8-5-2)19-12-10-18(11-13-19)17-20(21(24)25)22(26)27-16-9-6-3/h10-13,17H,4-9,14-16H2,1-3H3,(H,24,25)/b20-17-. The van der Waals surface area contributed by atoms with E-state index in [9.17, 15) is 14.7 Å². The van der Waals surface area contributed by atoms with Crippen molar-refractivity contribution < 1.29 is 19.4 Å². The van der Waals surface area contributed by atoms with Crippen LogP contribution in [-0.4, -0.2) is 36.7 Å². The highest BCUT2D eigenvalue weighted by Gasteiger charge is 2.19. The van der Waals surface area contributed by atoms with Gasteiger partial charge in [-0.1, -0.05) is 52.2 Å². The fourth-order valence-corrected chi connectivity index (χ4v) is 2.61. The van der Waals surface area contributed by atoms with Crippen LogP contribution in [0.3, 0.4) is 0 Å². The van der Waals surface area contributed by atoms with E-state index in [1.807, 2.05) is 31.2 Å². The van der Waals surface area contributed by atoms with Gasteiger partial charge in [-0.2, -0.15) is 0 Å². The number of ether oxygens (including phenoxy) is 1. The van der Waals surface area contributed by atoms with E-state index in [2.05, 4.69) is 18.7 Å². The maximum absolute atomic E-state index is 12.0. The quantitative estimate of drug-likeness (QED) is 0.175. The second-order valence-corrected chi connectivity index (χ2v) is 6.64. The van der Waals surface area contributed by atoms with Crippen molar-refractivity contribution in [2.45, 2.75) is 59.3 Å². The minimum atomic E-state index is -1.27. The van der Waals surface area contributed by atoms with E-state index in [1.54, 1.807) is 0 Å². The lowest BCUT2D eigenvalue weighted by Crippen LogP contribution is -2.25. The second-order valence-electron chi connectivity index (χ2n) is 6.64. The zero-order chi connectivity index (χ0) is 20.1. The molecule has 0 bridgehead atoms. The molecule has 1 aromatic rings. The van der Waals surface area contributed by atoms with E-state index in [0.29, 0.717) is 5.56 Å². The monoisotopic (exact) mass is 375 g/mol. The van der Waals surface area contributed by atoms with Crippen LogP contribution in [0.5, 0.6) is 0 Å². The van der Waals surface area contributed by atoms with Gasteiger partial charge in [-0.3, -0.25) is 0 Å². The van der Waals surface area contributed by atoms with Crippen LogP contribution in [0, 0.1) is 0 Å². The molecule has 0 amide bonds. The molecule has 0 unspecified atom stereocenters. The third-order valence-electron chi connectivity index (χ3n) is 4.31. The average Bonchev–Trinajstić information content (AvgIpc) is 2.66. The summed E-state index contributed by atoms with van der Waals surface area (Å²) in [5, 5.41) is 9.32. The summed E-state index contributed by atoms with van der Waals surface area (Å²) in [6.45, 7) is 8.60. The zero-order valence-corrected chi connectivity index (χ0v) is 16.9. The van der Waals surface area contributed by atoms with Crippen LogP contribution in [0.15, 0.2) is 29.8 Å². The molecule has 0 spiro atoms. The highest BCUT2D eigenvalue weighted by Crippen LogP contribution is 2.19. The lowest BCUT2D eigenvalue weighted by Gasteiger charge is -2.24. The Balaban J connectivity index is 2.90. The van der Waals surface area contributed by atoms with E-state index in [0.717, 1.165) is 57.3 Å². The molecule has 0 aliphatic heterocycles. The van der Waals surface area contributed by atoms with Crippen molar-refractivity contribution in [3.8, 4) is 0 Å². The van der Waals surface area contributed by atoms with Crippen LogP contribution in [0.1, 0.15) is 64.9 Å². The lowest BCUT2D eigenvalue weighted by atomic mass is 10.1. The molecule has 150 valence electrons. The van der Waals surface area contributed by atoms with Gasteiger partial charge in [0.05, 0.1) is 6.61 Å². The van der Waals surface area contributed by atoms with E-state index >= 15 is 0 Å². The number of carbonyl (C=O) groups is 2. The lowest BCUT2D eigenvalue weighted by molar-refractivity contribution is -0.144. The molecule has 0 aliphatic rings. The fourth-order valence-electron chi connectivity index (χ4n) is 2.61. The summed E-state index contributed by atoms with van der Waals surface area (Å²) in [6, 6.07) is 7.67. The molecule has 0 fully saturated rings. The molecule has 0 aromatic heterocycles. The molecule has 1 rings (SSSR count). The fraction of sp³-hybridized carbons (Fsp3) is 0.545. The van der Waals surface area contributed by atoms with E-state index in [4.69, 9.17) is 4.74 Å². The van der Waals surface area contributed by atoms with Crippen molar-refractivity contribution in [3.63, 3.8) is 0 Å². The van der Waals surface area contributed by atoms with E-state index in [-0.39, 0.29) is 12.2 Å². The molecule has 27 heavy (non-hydrogen) atoms. The summed E-state index contributed by atoms with van der Waals surface area (Å²) in [4.78, 5) is 25.8. The van der Waals surface area contributed by atoms with Crippen molar-refractivity contribution in [2.24, 2.45) is 0 Å². The van der Waals surface area contributed by atoms with Crippen LogP contribution >= 0.6 is 0 Å². The van der Waals surface area contributed by atoms with Crippen LogP contribution in [0.25, 0.3) is 6.08 Å². The van der Waals surface area contributed by atoms with E-state index < -0.39 is 11.9 Å². The number of aliphatic carboxylic acids is 1. The minimum Gasteiger partial charge on any atom is -0.477 e. The highest BCUT2D eigenvalue weighted by atomic mass is 16.5. The number of benzene rings is 1. The first-order chi connectivity index (χ1) is 13.0. The van der Waals surface area contributed by atoms with Gasteiger partial charge in [0.25, 0.3) is 0 Å². The molecule has 0 saturated heterocycles. The van der Waals surface area contributed by atoms with Crippen molar-refractivity contribution in [2.75, 3.05) is 24.6 Å². The smallest absolute Gasteiger partial charge is 0.345 e. The molecule has 5 nitrogen and oxygen atoms in total. The SMILES string of the molecule is CCCCOC(=O)/C(=C\c1ccc(N(CCCC)CCCC)cc1)C(=O)O. The largest absolute Gasteiger partial charge is 0.477 e. The third-order valence-corrected chi connectivity index (χ3v) is 4.31. The maximum atomic E-state index is 12.0. The maximum Gasteiger partial charge on any atom is 0.345 e. The first kappa shape index (κ1) is 22.7.